The van der Waals surface area contributed by atoms with Crippen LogP contribution in [-0.2, 0) is 41.9 Å². The molecule has 2 aromatic rings. The van der Waals surface area contributed by atoms with E-state index in [0.717, 1.165) is 16.7 Å². The molecule has 0 fully saturated rings. The summed E-state index contributed by atoms with van der Waals surface area (Å²) in [5.41, 5.74) is 3.79. The van der Waals surface area contributed by atoms with Crippen molar-refractivity contribution in [1.29, 1.82) is 0 Å². The minimum Gasteiger partial charge on any atom is -0.445 e. The van der Waals surface area contributed by atoms with Crippen molar-refractivity contribution >= 4 is 31.5 Å². The fraction of sp³-hybridized carbons (Fsp3) is 0.312. The first-order chi connectivity index (χ1) is 29.4. The summed E-state index contributed by atoms with van der Waals surface area (Å²) in [5, 5.41) is 11.3. The van der Waals surface area contributed by atoms with Crippen LogP contribution < -0.4 is 0 Å². The highest BCUT2D eigenvalue weighted by Crippen LogP contribution is 2.54. The van der Waals surface area contributed by atoms with Gasteiger partial charge in [0.05, 0.1) is 17.7 Å². The van der Waals surface area contributed by atoms with Gasteiger partial charge in [-0.1, -0.05) is 122 Å². The van der Waals surface area contributed by atoms with Crippen LogP contribution in [0.25, 0.3) is 4.85 Å². The quantitative estimate of drug-likeness (QED) is 0.0356. The number of aliphatic hydroxyl groups excluding tert-OH is 1. The summed E-state index contributed by atoms with van der Waals surface area (Å²) in [7, 11) is -4.75. The third kappa shape index (κ3) is 14.0. The van der Waals surface area contributed by atoms with E-state index in [1.54, 1.807) is 43.3 Å². The molecule has 62 heavy (non-hydrogen) atoms. The summed E-state index contributed by atoms with van der Waals surface area (Å²) in [4.78, 5) is 56.2. The van der Waals surface area contributed by atoms with Crippen molar-refractivity contribution in [3.63, 3.8) is 0 Å². The molecule has 0 radical (unpaired) electrons. The Bertz CT molecular complexity index is 2320. The summed E-state index contributed by atoms with van der Waals surface area (Å²) in [6, 6.07) is 15.4. The van der Waals surface area contributed by atoms with E-state index >= 15 is 0 Å². The number of nitrogens with zero attached hydrogens (tertiary/aromatic N) is 1. The van der Waals surface area contributed by atoms with Crippen LogP contribution in [0.15, 0.2) is 155 Å². The Balaban J connectivity index is 1.53. The zero-order valence-corrected chi connectivity index (χ0v) is 36.8. The normalized spacial score (nSPS) is 19.7. The lowest BCUT2D eigenvalue weighted by Gasteiger charge is -2.37. The van der Waals surface area contributed by atoms with Crippen molar-refractivity contribution < 1.29 is 56.6 Å². The van der Waals surface area contributed by atoms with Gasteiger partial charge in [-0.3, -0.25) is 18.4 Å². The Morgan fingerprint density at radius 2 is 1.47 bits per heavy atom. The molecule has 1 aliphatic heterocycles. The molecule has 0 bridgehead atoms. The maximum atomic E-state index is 14.2. The van der Waals surface area contributed by atoms with Gasteiger partial charge in [0.25, 0.3) is 5.76 Å². The molecule has 0 saturated carbocycles. The number of rotatable bonds is 19. The van der Waals surface area contributed by atoms with Gasteiger partial charge in [0.15, 0.2) is 11.9 Å². The molecule has 1 N–H and O–H groups in total. The fourth-order valence-electron chi connectivity index (χ4n) is 6.18. The standard InChI is InChI=1S/C48H52NO12P/c1-32(2)18-15-16-19-33(3)20-17-21-34(4)26-27-38-35(5)41(51)40(30-48(38,6)7)61-62(55,56-29-28-49-8)57-31-39(50)42-43(59-45(52)36-22-11-9-12-23-36)44(47(54)58-42)60-46(53)37-24-13-10-14-25-37/h9-27,39-40,42,50H,28-31H2,1-7H3/b16-15+,20-17+,27-26+,33-19+,34-21+/t39-,40?,42+,62?/m0/s1. The number of carbonyl (C=O) groups is 4. The Labute approximate surface area is 362 Å². The number of benzene rings is 2. The highest BCUT2D eigenvalue weighted by molar-refractivity contribution is 7.48. The molecule has 4 rings (SSSR count). The largest absolute Gasteiger partial charge is 0.475 e. The summed E-state index contributed by atoms with van der Waals surface area (Å²) in [6.07, 6.45) is 12.7. The van der Waals surface area contributed by atoms with Crippen molar-refractivity contribution in [2.75, 3.05) is 19.8 Å². The number of carbonyl (C=O) groups excluding carboxylic acids is 4. The van der Waals surface area contributed by atoms with E-state index in [9.17, 15) is 28.8 Å². The monoisotopic (exact) mass is 865 g/mol. The van der Waals surface area contributed by atoms with Crippen LogP contribution in [0.2, 0.25) is 0 Å². The number of Topliss-reactive ketones (excluding diaryl/α,β-unsaturated/α-hetero) is 1. The first-order valence-electron chi connectivity index (χ1n) is 19.8. The average molecular weight is 866 g/mol. The van der Waals surface area contributed by atoms with E-state index in [2.05, 4.69) is 4.85 Å². The van der Waals surface area contributed by atoms with Crippen LogP contribution in [0.1, 0.15) is 75.6 Å². The van der Waals surface area contributed by atoms with E-state index in [-0.39, 0.29) is 24.1 Å². The zero-order chi connectivity index (χ0) is 45.5. The second kappa shape index (κ2) is 22.7. The highest BCUT2D eigenvalue weighted by atomic mass is 31.2. The van der Waals surface area contributed by atoms with Gasteiger partial charge in [0, 0.05) is 0 Å². The van der Waals surface area contributed by atoms with Gasteiger partial charge < -0.3 is 24.2 Å². The van der Waals surface area contributed by atoms with Crippen molar-refractivity contribution in [1.82, 2.24) is 0 Å². The third-order valence-electron chi connectivity index (χ3n) is 9.40. The minimum absolute atomic E-state index is 0.0634. The van der Waals surface area contributed by atoms with E-state index in [1.165, 1.54) is 29.8 Å². The van der Waals surface area contributed by atoms with E-state index in [1.807, 2.05) is 96.2 Å². The number of hydrogen-bond donors (Lipinski definition) is 1. The Kier molecular flexibility index (Phi) is 17.8. The second-order valence-corrected chi connectivity index (χ2v) is 16.9. The number of cyclic esters (lactones) is 1. The number of hydrogen-bond acceptors (Lipinski definition) is 12. The first kappa shape index (κ1) is 48.7. The van der Waals surface area contributed by atoms with Crippen molar-refractivity contribution in [3.05, 3.63) is 177 Å². The average Bonchev–Trinajstić information content (AvgIpc) is 3.54. The van der Waals surface area contributed by atoms with Gasteiger partial charge in [-0.15, -0.1) is 0 Å². The van der Waals surface area contributed by atoms with Crippen LogP contribution >= 0.6 is 7.82 Å². The van der Waals surface area contributed by atoms with Crippen molar-refractivity contribution in [3.8, 4) is 0 Å². The smallest absolute Gasteiger partial charge is 0.445 e. The number of allylic oxidation sites excluding steroid dienone is 13. The first-order valence-corrected chi connectivity index (χ1v) is 21.3. The molecule has 2 aliphatic rings. The number of ketones is 1. The molecule has 2 aromatic carbocycles. The molecule has 0 aromatic heterocycles. The number of phosphoric acid groups is 1. The van der Waals surface area contributed by atoms with Gasteiger partial charge >= 0.3 is 25.7 Å². The molecule has 13 nitrogen and oxygen atoms in total. The number of aliphatic hydroxyl groups is 1. The lowest BCUT2D eigenvalue weighted by atomic mass is 9.71. The third-order valence-corrected chi connectivity index (χ3v) is 10.9. The molecule has 4 atom stereocenters. The topological polar surface area (TPSA) is 165 Å². The molecular weight excluding hydrogens is 813 g/mol. The fourth-order valence-corrected chi connectivity index (χ4v) is 7.50. The van der Waals surface area contributed by atoms with Crippen LogP contribution in [0.3, 0.4) is 0 Å². The number of esters is 3. The summed E-state index contributed by atoms with van der Waals surface area (Å²) in [6.45, 7) is 19.0. The molecule has 0 amide bonds. The van der Waals surface area contributed by atoms with Crippen molar-refractivity contribution in [2.24, 2.45) is 5.41 Å². The second-order valence-electron chi connectivity index (χ2n) is 15.3. The van der Waals surface area contributed by atoms with E-state index in [4.69, 9.17) is 34.4 Å². The Hall–Kier alpha value is -6.00. The lowest BCUT2D eigenvalue weighted by molar-refractivity contribution is -0.148. The van der Waals surface area contributed by atoms with Crippen LogP contribution in [-0.4, -0.2) is 66.9 Å². The van der Waals surface area contributed by atoms with Gasteiger partial charge in [0.2, 0.25) is 12.3 Å². The molecule has 1 aliphatic carbocycles. The Morgan fingerprint density at radius 1 is 0.887 bits per heavy atom. The van der Waals surface area contributed by atoms with E-state index in [0.29, 0.717) is 5.57 Å². The lowest BCUT2D eigenvalue weighted by Crippen LogP contribution is -2.38. The number of ether oxygens (including phenoxy) is 3. The molecular formula is C48H52NO12P. The van der Waals surface area contributed by atoms with E-state index < -0.39 is 80.0 Å². The van der Waals surface area contributed by atoms with Gasteiger partial charge in [0.1, 0.15) is 18.8 Å². The molecule has 326 valence electrons. The highest BCUT2D eigenvalue weighted by Gasteiger charge is 2.47. The molecule has 14 heteroatoms. The maximum Gasteiger partial charge on any atom is 0.475 e. The summed E-state index contributed by atoms with van der Waals surface area (Å²) >= 11 is 0. The maximum absolute atomic E-state index is 14.2. The molecule has 2 unspecified atom stereocenters. The van der Waals surface area contributed by atoms with Gasteiger partial charge in [-0.25, -0.2) is 25.5 Å². The molecule has 0 spiro atoms. The van der Waals surface area contributed by atoms with Crippen LogP contribution in [0.5, 0.6) is 0 Å². The summed E-state index contributed by atoms with van der Waals surface area (Å²) in [5.74, 6) is -5.10. The van der Waals surface area contributed by atoms with Crippen LogP contribution in [0.4, 0.5) is 0 Å². The summed E-state index contributed by atoms with van der Waals surface area (Å²) < 4.78 is 47.1. The van der Waals surface area contributed by atoms with Crippen molar-refractivity contribution in [2.45, 2.75) is 73.2 Å². The predicted octanol–water partition coefficient (Wildman–Crippen LogP) is 9.49. The molecule has 1 heterocycles. The van der Waals surface area contributed by atoms with Gasteiger partial charge in [-0.05, 0) is 81.9 Å². The van der Waals surface area contributed by atoms with Crippen LogP contribution in [0, 0.1) is 12.0 Å². The molecule has 0 saturated heterocycles. The van der Waals surface area contributed by atoms with Gasteiger partial charge in [-0.2, -0.15) is 0 Å². The zero-order valence-electron chi connectivity index (χ0n) is 35.9. The number of phosphoric ester groups is 1. The minimum atomic E-state index is -4.75. The Morgan fingerprint density at radius 3 is 2.08 bits per heavy atom. The predicted molar refractivity (Wildman–Crippen MR) is 233 cm³/mol. The SMILES string of the molecule is [C-]#[N+]CCOP(=O)(OC[C@H](O)[C@H]1OC(=O)C(OC(=O)c2ccccc2)=C1OC(=O)c1ccccc1)OC1CC(C)(C)C(/C=C/C(C)=C/C=C/C(C)=C/C=C/C=C(C)C)=C(C)C1=O.